The van der Waals surface area contributed by atoms with Gasteiger partial charge in [0.05, 0.1) is 11.1 Å². The molecule has 150 valence electrons. The van der Waals surface area contributed by atoms with Crippen molar-refractivity contribution in [3.63, 3.8) is 0 Å². The Hall–Kier alpha value is -2.60. The highest BCUT2D eigenvalue weighted by Gasteiger charge is 2.42. The molecule has 1 atom stereocenters. The molecule has 0 aromatic heterocycles. The zero-order valence-corrected chi connectivity index (χ0v) is 17.3. The van der Waals surface area contributed by atoms with E-state index in [9.17, 15) is 14.4 Å². The molecule has 0 saturated carbocycles. The molecule has 0 fully saturated rings. The van der Waals surface area contributed by atoms with Crippen molar-refractivity contribution in [2.75, 3.05) is 17.3 Å². The molecule has 1 aliphatic carbocycles. The Morgan fingerprint density at radius 1 is 1.03 bits per heavy atom. The summed E-state index contributed by atoms with van der Waals surface area (Å²) in [5, 5.41) is 3.03. The second-order valence-corrected chi connectivity index (χ2v) is 8.45. The van der Waals surface area contributed by atoms with Crippen LogP contribution in [0, 0.1) is 0 Å². The van der Waals surface area contributed by atoms with Gasteiger partial charge >= 0.3 is 0 Å². The van der Waals surface area contributed by atoms with Crippen LogP contribution in [0.1, 0.15) is 51.1 Å². The first kappa shape index (κ1) is 19.7. The van der Waals surface area contributed by atoms with Gasteiger partial charge in [0, 0.05) is 5.69 Å². The number of imide groups is 1. The van der Waals surface area contributed by atoms with Crippen LogP contribution in [0.4, 0.5) is 5.69 Å². The third-order valence-electron chi connectivity index (χ3n) is 5.69. The van der Waals surface area contributed by atoms with Crippen LogP contribution in [0.15, 0.2) is 42.5 Å². The summed E-state index contributed by atoms with van der Waals surface area (Å²) in [6.07, 6.45) is 6.60. The van der Waals surface area contributed by atoms with Crippen LogP contribution >= 0.6 is 11.8 Å². The number of carbonyl (C=O) groups is 3. The molecule has 1 heterocycles. The topological polar surface area (TPSA) is 66.5 Å². The normalized spacial score (nSPS) is 16.4. The zero-order chi connectivity index (χ0) is 20.4. The molecule has 3 amide bonds. The van der Waals surface area contributed by atoms with Crippen LogP contribution in [-0.4, -0.2) is 40.7 Å². The molecule has 2 aromatic rings. The van der Waals surface area contributed by atoms with E-state index in [1.165, 1.54) is 11.1 Å². The van der Waals surface area contributed by atoms with E-state index < -0.39 is 6.04 Å². The zero-order valence-electron chi connectivity index (χ0n) is 16.4. The van der Waals surface area contributed by atoms with Gasteiger partial charge in [0.25, 0.3) is 11.8 Å². The van der Waals surface area contributed by atoms with Gasteiger partial charge in [0.2, 0.25) is 5.91 Å². The van der Waals surface area contributed by atoms with Crippen LogP contribution in [0.2, 0.25) is 0 Å². The molecule has 1 aliphatic heterocycles. The molecule has 29 heavy (non-hydrogen) atoms. The second kappa shape index (κ2) is 8.41. The molecule has 2 aliphatic rings. The summed E-state index contributed by atoms with van der Waals surface area (Å²) in [4.78, 5) is 40.3. The Morgan fingerprint density at radius 2 is 1.72 bits per heavy atom. The highest BCUT2D eigenvalue weighted by molar-refractivity contribution is 7.98. The second-order valence-electron chi connectivity index (χ2n) is 7.46. The Morgan fingerprint density at radius 3 is 2.41 bits per heavy atom. The molecule has 0 bridgehead atoms. The number of hydrogen-bond donors (Lipinski definition) is 1. The lowest BCUT2D eigenvalue weighted by atomic mass is 9.90. The fourth-order valence-electron chi connectivity index (χ4n) is 4.21. The maximum absolute atomic E-state index is 13.3. The summed E-state index contributed by atoms with van der Waals surface area (Å²) in [5.74, 6) is -0.394. The summed E-state index contributed by atoms with van der Waals surface area (Å²) in [6.45, 7) is 0. The van der Waals surface area contributed by atoms with E-state index >= 15 is 0 Å². The smallest absolute Gasteiger partial charge is 0.262 e. The summed E-state index contributed by atoms with van der Waals surface area (Å²) >= 11 is 1.59. The fraction of sp³-hybridized carbons (Fsp3) is 0.348. The van der Waals surface area contributed by atoms with E-state index in [1.807, 2.05) is 18.4 Å². The highest BCUT2D eigenvalue weighted by Crippen LogP contribution is 2.30. The summed E-state index contributed by atoms with van der Waals surface area (Å²) in [6, 6.07) is 11.9. The van der Waals surface area contributed by atoms with E-state index in [4.69, 9.17) is 0 Å². The van der Waals surface area contributed by atoms with Crippen molar-refractivity contribution >= 4 is 35.2 Å². The first-order valence-electron chi connectivity index (χ1n) is 9.99. The van der Waals surface area contributed by atoms with E-state index in [2.05, 4.69) is 11.4 Å². The average molecular weight is 409 g/mol. The predicted octanol–water partition coefficient (Wildman–Crippen LogP) is 3.92. The molecule has 0 spiro atoms. The monoisotopic (exact) mass is 408 g/mol. The fourth-order valence-corrected chi connectivity index (χ4v) is 4.67. The molecule has 0 saturated heterocycles. The Labute approximate surface area is 174 Å². The Kier molecular flexibility index (Phi) is 5.72. The van der Waals surface area contributed by atoms with E-state index in [1.54, 1.807) is 36.0 Å². The minimum atomic E-state index is -0.825. The molecule has 1 N–H and O–H groups in total. The number of fused-ring (bicyclic) bond motifs is 2. The van der Waals surface area contributed by atoms with Gasteiger partial charge in [-0.05, 0) is 73.4 Å². The van der Waals surface area contributed by atoms with Crippen molar-refractivity contribution in [2.24, 2.45) is 0 Å². The third-order valence-corrected chi connectivity index (χ3v) is 6.33. The average Bonchev–Trinajstić information content (AvgIpc) is 3.00. The van der Waals surface area contributed by atoms with Gasteiger partial charge in [-0.15, -0.1) is 0 Å². The lowest BCUT2D eigenvalue weighted by Crippen LogP contribution is -2.47. The summed E-state index contributed by atoms with van der Waals surface area (Å²) in [5.41, 5.74) is 4.00. The van der Waals surface area contributed by atoms with Gasteiger partial charge in [-0.25, -0.2) is 0 Å². The Balaban J connectivity index is 1.62. The maximum Gasteiger partial charge on any atom is 0.262 e. The van der Waals surface area contributed by atoms with E-state index in [0.29, 0.717) is 23.3 Å². The Bertz CT molecular complexity index is 937. The number of anilines is 1. The largest absolute Gasteiger partial charge is 0.324 e. The third kappa shape index (κ3) is 3.69. The van der Waals surface area contributed by atoms with Gasteiger partial charge in [0.15, 0.2) is 0 Å². The molecular weight excluding hydrogens is 384 g/mol. The van der Waals surface area contributed by atoms with Crippen molar-refractivity contribution in [1.29, 1.82) is 0 Å². The molecule has 6 heteroatoms. The van der Waals surface area contributed by atoms with Crippen molar-refractivity contribution in [1.82, 2.24) is 4.90 Å². The number of benzene rings is 2. The molecule has 4 rings (SSSR count). The number of amides is 3. The van der Waals surface area contributed by atoms with E-state index in [0.717, 1.165) is 36.3 Å². The van der Waals surface area contributed by atoms with Crippen molar-refractivity contribution in [3.8, 4) is 0 Å². The van der Waals surface area contributed by atoms with Crippen molar-refractivity contribution in [2.45, 2.75) is 38.1 Å². The van der Waals surface area contributed by atoms with Gasteiger partial charge < -0.3 is 5.32 Å². The SMILES string of the molecule is CSCCC(C(=O)Nc1cccc2c1CCCC2)N1C(=O)c2ccccc2C1=O. The summed E-state index contributed by atoms with van der Waals surface area (Å²) in [7, 11) is 0. The number of rotatable bonds is 6. The molecule has 5 nitrogen and oxygen atoms in total. The number of nitrogens with zero attached hydrogens (tertiary/aromatic N) is 1. The molecular formula is C23H24N2O3S. The minimum absolute atomic E-state index is 0.299. The van der Waals surface area contributed by atoms with Crippen LogP contribution in [-0.2, 0) is 17.6 Å². The number of hydrogen-bond acceptors (Lipinski definition) is 4. The van der Waals surface area contributed by atoms with Gasteiger partial charge in [-0.2, -0.15) is 11.8 Å². The summed E-state index contributed by atoms with van der Waals surface area (Å²) < 4.78 is 0. The standard InChI is InChI=1S/C23H24N2O3S/c1-29-14-13-20(25-22(27)17-10-4-5-11-18(17)23(25)28)21(26)24-19-12-6-8-15-7-2-3-9-16(15)19/h4-6,8,10-12,20H,2-3,7,9,13-14H2,1H3,(H,24,26). The predicted molar refractivity (Wildman–Crippen MR) is 115 cm³/mol. The van der Waals surface area contributed by atoms with Crippen LogP contribution in [0.25, 0.3) is 0 Å². The van der Waals surface area contributed by atoms with Crippen LogP contribution in [0.3, 0.4) is 0 Å². The van der Waals surface area contributed by atoms with E-state index in [-0.39, 0.29) is 17.7 Å². The van der Waals surface area contributed by atoms with Gasteiger partial charge in [-0.3, -0.25) is 19.3 Å². The number of carbonyl (C=O) groups excluding carboxylic acids is 3. The van der Waals surface area contributed by atoms with Gasteiger partial charge in [-0.1, -0.05) is 24.3 Å². The lowest BCUT2D eigenvalue weighted by Gasteiger charge is -2.26. The van der Waals surface area contributed by atoms with Crippen LogP contribution < -0.4 is 5.32 Å². The quantitative estimate of drug-likeness (QED) is 0.736. The number of nitrogens with one attached hydrogen (secondary N) is 1. The number of aryl methyl sites for hydroxylation is 1. The molecule has 2 aromatic carbocycles. The molecule has 0 radical (unpaired) electrons. The maximum atomic E-state index is 13.3. The van der Waals surface area contributed by atoms with Gasteiger partial charge in [0.1, 0.15) is 6.04 Å². The first-order valence-corrected chi connectivity index (χ1v) is 11.4. The lowest BCUT2D eigenvalue weighted by molar-refractivity contribution is -0.120. The number of thioether (sulfide) groups is 1. The van der Waals surface area contributed by atoms with Crippen molar-refractivity contribution < 1.29 is 14.4 Å². The highest BCUT2D eigenvalue weighted by atomic mass is 32.2. The minimum Gasteiger partial charge on any atom is -0.324 e. The van der Waals surface area contributed by atoms with Crippen LogP contribution in [0.5, 0.6) is 0 Å². The molecule has 1 unspecified atom stereocenters. The van der Waals surface area contributed by atoms with Crippen molar-refractivity contribution in [3.05, 3.63) is 64.7 Å². The first-order chi connectivity index (χ1) is 14.1.